The van der Waals surface area contributed by atoms with Gasteiger partial charge in [0.25, 0.3) is 0 Å². The van der Waals surface area contributed by atoms with Gasteiger partial charge in [-0.25, -0.2) is 0 Å². The van der Waals surface area contributed by atoms with E-state index in [9.17, 15) is 0 Å². The van der Waals surface area contributed by atoms with Gasteiger partial charge in [0, 0.05) is 24.2 Å². The van der Waals surface area contributed by atoms with E-state index in [2.05, 4.69) is 39.5 Å². The van der Waals surface area contributed by atoms with Crippen molar-refractivity contribution in [2.24, 2.45) is 5.92 Å². The predicted octanol–water partition coefficient (Wildman–Crippen LogP) is 2.52. The van der Waals surface area contributed by atoms with Crippen molar-refractivity contribution in [3.8, 4) is 17.0 Å². The van der Waals surface area contributed by atoms with Crippen LogP contribution in [0.1, 0.15) is 18.9 Å². The van der Waals surface area contributed by atoms with Crippen molar-refractivity contribution in [2.75, 3.05) is 33.3 Å². The maximum Gasteiger partial charge on any atom is 0.118 e. The third-order valence-electron chi connectivity index (χ3n) is 4.66. The molecule has 0 amide bonds. The standard InChI is InChI=1S/C18H26N4O/c1-3-22-9-8-14(13-22)10-19-11-16-12-20-21-18(16)15-4-6-17(23-2)7-5-15/h4-7,12,14,19H,3,8-11,13H2,1-2H3,(H,20,21)/t14-/m1/s1. The second-order valence-corrected chi connectivity index (χ2v) is 6.18. The molecule has 1 fully saturated rings. The first-order valence-corrected chi connectivity index (χ1v) is 8.40. The number of nitrogens with one attached hydrogen (secondary N) is 2. The topological polar surface area (TPSA) is 53.2 Å². The number of hydrogen-bond acceptors (Lipinski definition) is 4. The number of ether oxygens (including phenoxy) is 1. The first kappa shape index (κ1) is 16.0. The fourth-order valence-corrected chi connectivity index (χ4v) is 3.23. The van der Waals surface area contributed by atoms with Crippen LogP contribution in [0.15, 0.2) is 30.5 Å². The monoisotopic (exact) mass is 314 g/mol. The Morgan fingerprint density at radius 2 is 2.17 bits per heavy atom. The van der Waals surface area contributed by atoms with E-state index >= 15 is 0 Å². The second-order valence-electron chi connectivity index (χ2n) is 6.18. The average molecular weight is 314 g/mol. The van der Waals surface area contributed by atoms with Crippen LogP contribution in [0.25, 0.3) is 11.3 Å². The molecule has 1 atom stereocenters. The lowest BCUT2D eigenvalue weighted by Crippen LogP contribution is -2.26. The molecule has 5 heteroatoms. The lowest BCUT2D eigenvalue weighted by molar-refractivity contribution is 0.339. The summed E-state index contributed by atoms with van der Waals surface area (Å²) >= 11 is 0. The Morgan fingerprint density at radius 3 is 2.87 bits per heavy atom. The maximum atomic E-state index is 5.21. The molecule has 0 bridgehead atoms. The minimum absolute atomic E-state index is 0.770. The summed E-state index contributed by atoms with van der Waals surface area (Å²) in [5.74, 6) is 1.64. The Bertz CT molecular complexity index is 608. The summed E-state index contributed by atoms with van der Waals surface area (Å²) in [5, 5.41) is 10.9. The van der Waals surface area contributed by atoms with Gasteiger partial charge in [-0.05, 0) is 56.2 Å². The summed E-state index contributed by atoms with van der Waals surface area (Å²) in [4.78, 5) is 2.52. The Kier molecular flexibility index (Phi) is 5.31. The van der Waals surface area contributed by atoms with E-state index in [1.807, 2.05) is 18.3 Å². The Morgan fingerprint density at radius 1 is 1.35 bits per heavy atom. The molecule has 0 aliphatic carbocycles. The van der Waals surface area contributed by atoms with Gasteiger partial charge in [-0.1, -0.05) is 6.92 Å². The van der Waals surface area contributed by atoms with Crippen LogP contribution < -0.4 is 10.1 Å². The maximum absolute atomic E-state index is 5.21. The molecule has 2 aromatic rings. The number of hydrogen-bond donors (Lipinski definition) is 2. The Hall–Kier alpha value is -1.85. The number of H-pyrrole nitrogens is 1. The third-order valence-corrected chi connectivity index (χ3v) is 4.66. The molecule has 1 aliphatic rings. The van der Waals surface area contributed by atoms with E-state index < -0.39 is 0 Å². The summed E-state index contributed by atoms with van der Waals surface area (Å²) in [6, 6.07) is 8.08. The van der Waals surface area contributed by atoms with Crippen LogP contribution in [-0.2, 0) is 6.54 Å². The fraction of sp³-hybridized carbons (Fsp3) is 0.500. The number of nitrogens with zero attached hydrogens (tertiary/aromatic N) is 2. The zero-order chi connectivity index (χ0) is 16.1. The zero-order valence-electron chi connectivity index (χ0n) is 14.0. The van der Waals surface area contributed by atoms with Crippen molar-refractivity contribution in [3.63, 3.8) is 0 Å². The normalized spacial score (nSPS) is 18.4. The van der Waals surface area contributed by atoms with Crippen molar-refractivity contribution >= 4 is 0 Å². The van der Waals surface area contributed by atoms with Crippen molar-refractivity contribution in [1.82, 2.24) is 20.4 Å². The summed E-state index contributed by atoms with van der Waals surface area (Å²) < 4.78 is 5.21. The number of benzene rings is 1. The average Bonchev–Trinajstić information content (AvgIpc) is 3.24. The summed E-state index contributed by atoms with van der Waals surface area (Å²) in [6.45, 7) is 7.79. The van der Waals surface area contributed by atoms with Gasteiger partial charge in [-0.2, -0.15) is 5.10 Å². The highest BCUT2D eigenvalue weighted by Gasteiger charge is 2.20. The second kappa shape index (κ2) is 7.62. The molecule has 2 N–H and O–H groups in total. The molecule has 1 aromatic carbocycles. The van der Waals surface area contributed by atoms with Crippen LogP contribution in [0, 0.1) is 5.92 Å². The lowest BCUT2D eigenvalue weighted by atomic mass is 10.1. The van der Waals surface area contributed by atoms with E-state index in [1.165, 1.54) is 31.6 Å². The van der Waals surface area contributed by atoms with E-state index in [0.29, 0.717) is 0 Å². The summed E-state index contributed by atoms with van der Waals surface area (Å²) in [5.41, 5.74) is 3.43. The van der Waals surface area contributed by atoms with Crippen molar-refractivity contribution in [3.05, 3.63) is 36.0 Å². The molecule has 0 saturated carbocycles. The molecular formula is C18H26N4O. The molecule has 0 unspecified atom stereocenters. The number of likely N-dealkylation sites (tertiary alicyclic amines) is 1. The molecule has 0 spiro atoms. The van der Waals surface area contributed by atoms with Gasteiger partial charge in [0.2, 0.25) is 0 Å². The minimum atomic E-state index is 0.770. The summed E-state index contributed by atoms with van der Waals surface area (Å²) in [7, 11) is 1.68. The third kappa shape index (κ3) is 3.92. The van der Waals surface area contributed by atoms with Crippen LogP contribution in [0.4, 0.5) is 0 Å². The van der Waals surface area contributed by atoms with Gasteiger partial charge in [0.05, 0.1) is 19.0 Å². The van der Waals surface area contributed by atoms with Crippen LogP contribution >= 0.6 is 0 Å². The molecule has 3 rings (SSSR count). The van der Waals surface area contributed by atoms with E-state index in [0.717, 1.165) is 36.0 Å². The van der Waals surface area contributed by atoms with E-state index in [4.69, 9.17) is 4.74 Å². The first-order valence-electron chi connectivity index (χ1n) is 8.40. The minimum Gasteiger partial charge on any atom is -0.497 e. The van der Waals surface area contributed by atoms with Gasteiger partial charge >= 0.3 is 0 Å². The van der Waals surface area contributed by atoms with Gasteiger partial charge in [0.1, 0.15) is 5.75 Å². The molecule has 2 heterocycles. The largest absolute Gasteiger partial charge is 0.497 e. The molecule has 23 heavy (non-hydrogen) atoms. The van der Waals surface area contributed by atoms with Gasteiger partial charge in [-0.15, -0.1) is 0 Å². The Labute approximate surface area is 138 Å². The lowest BCUT2D eigenvalue weighted by Gasteiger charge is -2.13. The number of rotatable bonds is 7. The molecule has 0 radical (unpaired) electrons. The smallest absolute Gasteiger partial charge is 0.118 e. The van der Waals surface area contributed by atoms with Gasteiger partial charge < -0.3 is 15.0 Å². The predicted molar refractivity (Wildman–Crippen MR) is 92.5 cm³/mol. The molecule has 5 nitrogen and oxygen atoms in total. The highest BCUT2D eigenvalue weighted by molar-refractivity contribution is 5.63. The highest BCUT2D eigenvalue weighted by atomic mass is 16.5. The molecule has 124 valence electrons. The van der Waals surface area contributed by atoms with Crippen LogP contribution in [0.2, 0.25) is 0 Å². The molecule has 1 aromatic heterocycles. The number of aromatic nitrogens is 2. The first-order chi connectivity index (χ1) is 11.3. The van der Waals surface area contributed by atoms with Crippen molar-refractivity contribution < 1.29 is 4.74 Å². The van der Waals surface area contributed by atoms with Crippen LogP contribution in [0.5, 0.6) is 5.75 Å². The van der Waals surface area contributed by atoms with Gasteiger partial charge in [-0.3, -0.25) is 5.10 Å². The van der Waals surface area contributed by atoms with Crippen LogP contribution in [0.3, 0.4) is 0 Å². The summed E-state index contributed by atoms with van der Waals surface area (Å²) in [6.07, 6.45) is 3.22. The Balaban J connectivity index is 1.56. The molecule has 1 aliphatic heterocycles. The molecular weight excluding hydrogens is 288 g/mol. The van der Waals surface area contributed by atoms with Crippen LogP contribution in [-0.4, -0.2) is 48.4 Å². The number of methoxy groups -OCH3 is 1. The SMILES string of the molecule is CCN1CC[C@H](CNCc2cn[nH]c2-c2ccc(OC)cc2)C1. The fourth-order valence-electron chi connectivity index (χ4n) is 3.23. The van der Waals surface area contributed by atoms with E-state index in [1.54, 1.807) is 7.11 Å². The van der Waals surface area contributed by atoms with Crippen molar-refractivity contribution in [1.29, 1.82) is 0 Å². The van der Waals surface area contributed by atoms with E-state index in [-0.39, 0.29) is 0 Å². The quantitative estimate of drug-likeness (QED) is 0.824. The van der Waals surface area contributed by atoms with Gasteiger partial charge in [0.15, 0.2) is 0 Å². The number of aromatic amines is 1. The molecule has 1 saturated heterocycles. The highest BCUT2D eigenvalue weighted by Crippen LogP contribution is 2.23. The zero-order valence-corrected chi connectivity index (χ0v) is 14.0. The van der Waals surface area contributed by atoms with Crippen molar-refractivity contribution in [2.45, 2.75) is 19.9 Å².